The first-order valence-corrected chi connectivity index (χ1v) is 12.2. The summed E-state index contributed by atoms with van der Waals surface area (Å²) >= 11 is 0. The Bertz CT molecular complexity index is 1000. The van der Waals surface area contributed by atoms with Crippen molar-refractivity contribution in [3.63, 3.8) is 0 Å². The molecular formula is C29H39N3O. The van der Waals surface area contributed by atoms with Crippen LogP contribution in [0.3, 0.4) is 0 Å². The molecule has 0 heterocycles. The fraction of sp³-hybridized carbons (Fsp3) is 0.448. The van der Waals surface area contributed by atoms with E-state index in [-0.39, 0.29) is 5.78 Å². The Morgan fingerprint density at radius 1 is 1.03 bits per heavy atom. The number of nitrogens with one attached hydrogen (secondary N) is 1. The second kappa shape index (κ2) is 13.6. The predicted octanol–water partition coefficient (Wildman–Crippen LogP) is 7.10. The van der Waals surface area contributed by atoms with Crippen LogP contribution in [0.2, 0.25) is 0 Å². The Labute approximate surface area is 199 Å². The molecule has 33 heavy (non-hydrogen) atoms. The molecule has 4 nitrogen and oxygen atoms in total. The number of hydrazine groups is 1. The van der Waals surface area contributed by atoms with Gasteiger partial charge in [0.2, 0.25) is 0 Å². The highest BCUT2D eigenvalue weighted by Gasteiger charge is 2.16. The maximum Gasteiger partial charge on any atom is 0.163 e. The highest BCUT2D eigenvalue weighted by molar-refractivity contribution is 5.99. The molecule has 0 atom stereocenters. The number of hydrogen-bond donors (Lipinski definition) is 2. The molecule has 2 aromatic rings. The number of aryl methyl sites for hydroxylation is 4. The highest BCUT2D eigenvalue weighted by Crippen LogP contribution is 2.30. The molecule has 176 valence electrons. The van der Waals surface area contributed by atoms with E-state index < -0.39 is 0 Å². The van der Waals surface area contributed by atoms with Crippen molar-refractivity contribution >= 4 is 17.0 Å². The molecule has 0 aliphatic carbocycles. The van der Waals surface area contributed by atoms with Crippen LogP contribution in [0, 0.1) is 18.3 Å². The van der Waals surface area contributed by atoms with Crippen LogP contribution in [-0.2, 0) is 19.3 Å². The smallest absolute Gasteiger partial charge is 0.163 e. The topological polar surface area (TPSA) is 78.9 Å². The molecular weight excluding hydrogens is 406 g/mol. The maximum absolute atomic E-state index is 13.2. The average molecular weight is 446 g/mol. The van der Waals surface area contributed by atoms with E-state index in [1.165, 1.54) is 16.7 Å². The van der Waals surface area contributed by atoms with Crippen LogP contribution in [0.15, 0.2) is 36.9 Å². The Balaban J connectivity index is 2.13. The molecule has 0 saturated carbocycles. The van der Waals surface area contributed by atoms with Gasteiger partial charge in [-0.3, -0.25) is 10.6 Å². The lowest BCUT2D eigenvalue weighted by atomic mass is 9.91. The lowest BCUT2D eigenvalue weighted by Crippen LogP contribution is -2.12. The zero-order chi connectivity index (χ0) is 24.2. The predicted molar refractivity (Wildman–Crippen MR) is 139 cm³/mol. The van der Waals surface area contributed by atoms with Crippen molar-refractivity contribution in [2.24, 2.45) is 5.84 Å². The van der Waals surface area contributed by atoms with Gasteiger partial charge >= 0.3 is 0 Å². The summed E-state index contributed by atoms with van der Waals surface area (Å²) in [6, 6.07) is 12.8. The molecule has 0 saturated heterocycles. The first-order valence-electron chi connectivity index (χ1n) is 12.2. The molecule has 0 spiro atoms. The summed E-state index contributed by atoms with van der Waals surface area (Å²) in [7, 11) is 0. The number of unbranched alkanes of at least 4 members (excludes halogenated alkanes) is 3. The fourth-order valence-corrected chi connectivity index (χ4v) is 4.27. The van der Waals surface area contributed by atoms with Gasteiger partial charge in [0.05, 0.1) is 11.8 Å². The first-order chi connectivity index (χ1) is 15.9. The van der Waals surface area contributed by atoms with Gasteiger partial charge < -0.3 is 5.43 Å². The normalized spacial score (nSPS) is 10.6. The summed E-state index contributed by atoms with van der Waals surface area (Å²) in [6.45, 7) is 10.5. The van der Waals surface area contributed by atoms with Crippen molar-refractivity contribution < 1.29 is 4.79 Å². The van der Waals surface area contributed by atoms with Gasteiger partial charge in [-0.15, -0.1) is 0 Å². The second-order valence-electron chi connectivity index (χ2n) is 8.81. The Hall–Kier alpha value is -2.90. The summed E-state index contributed by atoms with van der Waals surface area (Å²) in [6.07, 6.45) is 8.82. The van der Waals surface area contributed by atoms with Crippen molar-refractivity contribution in [3.05, 3.63) is 70.3 Å². The molecule has 0 radical (unpaired) electrons. The highest BCUT2D eigenvalue weighted by atomic mass is 16.1. The van der Waals surface area contributed by atoms with Crippen molar-refractivity contribution in [2.75, 3.05) is 5.43 Å². The first kappa shape index (κ1) is 26.4. The number of nitrogen functional groups attached to an aromatic ring is 1. The van der Waals surface area contributed by atoms with Gasteiger partial charge in [-0.25, -0.2) is 0 Å². The Morgan fingerprint density at radius 2 is 1.82 bits per heavy atom. The summed E-state index contributed by atoms with van der Waals surface area (Å²) in [4.78, 5) is 13.2. The number of anilines is 1. The van der Waals surface area contributed by atoms with Crippen LogP contribution in [-0.4, -0.2) is 5.78 Å². The molecule has 0 unspecified atom stereocenters. The van der Waals surface area contributed by atoms with Gasteiger partial charge in [0, 0.05) is 24.0 Å². The minimum Gasteiger partial charge on any atom is -0.324 e. The van der Waals surface area contributed by atoms with Gasteiger partial charge in [0.25, 0.3) is 0 Å². The third kappa shape index (κ3) is 7.58. The molecule has 0 aliphatic rings. The molecule has 4 heteroatoms. The zero-order valence-corrected chi connectivity index (χ0v) is 20.6. The number of benzene rings is 2. The third-order valence-corrected chi connectivity index (χ3v) is 6.31. The Morgan fingerprint density at radius 3 is 2.48 bits per heavy atom. The van der Waals surface area contributed by atoms with E-state index in [0.29, 0.717) is 12.8 Å². The number of ketones is 1. The standard InChI is InChI=1S/C29H39N3O/c1-5-7-11-21(3)26-20-27(22(4)18-28(26)32-31)29(33)16-15-25-14-13-23(19-24(25)6-2)12-9-8-10-17-30/h13-14,18-20,32H,3,5-12,15-16,31H2,1-2,4H3. The van der Waals surface area contributed by atoms with Gasteiger partial charge in [0.15, 0.2) is 5.78 Å². The van der Waals surface area contributed by atoms with Gasteiger partial charge in [-0.05, 0) is 91.8 Å². The number of carbonyl (C=O) groups excluding carboxylic acids is 1. The van der Waals surface area contributed by atoms with Crippen LogP contribution in [0.4, 0.5) is 5.69 Å². The molecule has 0 aliphatic heterocycles. The van der Waals surface area contributed by atoms with E-state index in [2.05, 4.69) is 50.1 Å². The second-order valence-corrected chi connectivity index (χ2v) is 8.81. The van der Waals surface area contributed by atoms with Crippen molar-refractivity contribution in [1.29, 1.82) is 5.26 Å². The van der Waals surface area contributed by atoms with Gasteiger partial charge in [-0.1, -0.05) is 45.0 Å². The molecule has 0 fully saturated rings. The Kier molecular flexibility index (Phi) is 10.9. The number of rotatable bonds is 14. The quantitative estimate of drug-likeness (QED) is 0.141. The SMILES string of the molecule is C=C(CCCC)c1cc(C(=O)CCc2ccc(CCCCC#N)cc2CC)c(C)cc1NN. The van der Waals surface area contributed by atoms with Crippen LogP contribution in [0.5, 0.6) is 0 Å². The fourth-order valence-electron chi connectivity index (χ4n) is 4.27. The number of allylic oxidation sites excluding steroid dienone is 1. The number of nitriles is 1. The summed E-state index contributed by atoms with van der Waals surface area (Å²) in [5.74, 6) is 5.90. The number of nitrogens with zero attached hydrogens (tertiary/aromatic N) is 1. The zero-order valence-electron chi connectivity index (χ0n) is 20.6. The van der Waals surface area contributed by atoms with E-state index in [1.807, 2.05) is 19.1 Å². The van der Waals surface area contributed by atoms with Gasteiger partial charge in [0.1, 0.15) is 0 Å². The molecule has 0 aromatic heterocycles. The monoisotopic (exact) mass is 445 g/mol. The van der Waals surface area contributed by atoms with E-state index in [0.717, 1.165) is 79.3 Å². The van der Waals surface area contributed by atoms with E-state index in [1.54, 1.807) is 0 Å². The number of hydrogen-bond acceptors (Lipinski definition) is 4. The molecule has 3 N–H and O–H groups in total. The van der Waals surface area contributed by atoms with Crippen molar-refractivity contribution in [3.8, 4) is 6.07 Å². The van der Waals surface area contributed by atoms with Crippen molar-refractivity contribution in [2.45, 2.75) is 85.0 Å². The third-order valence-electron chi connectivity index (χ3n) is 6.31. The number of Topliss-reactive ketones (excluding diaryl/α,β-unsaturated/α-hetero) is 1. The summed E-state index contributed by atoms with van der Waals surface area (Å²) in [5.41, 5.74) is 11.1. The van der Waals surface area contributed by atoms with Crippen LogP contribution >= 0.6 is 0 Å². The largest absolute Gasteiger partial charge is 0.324 e. The number of nitrogens with two attached hydrogens (primary N) is 1. The van der Waals surface area contributed by atoms with Gasteiger partial charge in [-0.2, -0.15) is 5.26 Å². The summed E-state index contributed by atoms with van der Waals surface area (Å²) in [5, 5.41) is 8.70. The van der Waals surface area contributed by atoms with E-state index >= 15 is 0 Å². The minimum atomic E-state index is 0.156. The summed E-state index contributed by atoms with van der Waals surface area (Å²) < 4.78 is 0. The van der Waals surface area contributed by atoms with Crippen LogP contribution in [0.25, 0.3) is 5.57 Å². The molecule has 0 amide bonds. The number of carbonyl (C=O) groups is 1. The average Bonchev–Trinajstić information content (AvgIpc) is 2.83. The van der Waals surface area contributed by atoms with E-state index in [9.17, 15) is 4.79 Å². The lowest BCUT2D eigenvalue weighted by Gasteiger charge is -2.16. The molecule has 2 aromatic carbocycles. The molecule has 0 bridgehead atoms. The maximum atomic E-state index is 13.2. The van der Waals surface area contributed by atoms with Crippen molar-refractivity contribution in [1.82, 2.24) is 0 Å². The molecule has 2 rings (SSSR count). The van der Waals surface area contributed by atoms with Crippen LogP contribution < -0.4 is 11.3 Å². The van der Waals surface area contributed by atoms with Crippen LogP contribution in [0.1, 0.15) is 97.0 Å². The lowest BCUT2D eigenvalue weighted by molar-refractivity contribution is 0.0982. The van der Waals surface area contributed by atoms with E-state index in [4.69, 9.17) is 11.1 Å². The minimum absolute atomic E-state index is 0.156.